The summed E-state index contributed by atoms with van der Waals surface area (Å²) in [7, 11) is 0. The molecule has 5 heteroatoms. The molecule has 3 N–H and O–H groups in total. The highest BCUT2D eigenvalue weighted by molar-refractivity contribution is 7.99. The minimum atomic E-state index is 0.150. The van der Waals surface area contributed by atoms with Crippen molar-refractivity contribution in [3.63, 3.8) is 0 Å². The molecule has 0 aromatic heterocycles. The molecule has 1 aliphatic carbocycles. The van der Waals surface area contributed by atoms with Gasteiger partial charge in [-0.1, -0.05) is 30.9 Å². The van der Waals surface area contributed by atoms with E-state index in [4.69, 9.17) is 17.3 Å². The predicted molar refractivity (Wildman–Crippen MR) is 86.2 cm³/mol. The molecule has 110 valence electrons. The zero-order valence-corrected chi connectivity index (χ0v) is 13.1. The van der Waals surface area contributed by atoms with Crippen molar-refractivity contribution >= 4 is 35.0 Å². The van der Waals surface area contributed by atoms with Crippen molar-refractivity contribution in [2.75, 3.05) is 11.5 Å². The number of nitrogens with one attached hydrogen (secondary N) is 1. The van der Waals surface area contributed by atoms with Crippen molar-refractivity contribution in [3.05, 3.63) is 23.2 Å². The highest BCUT2D eigenvalue weighted by Gasteiger charge is 2.15. The maximum atomic E-state index is 11.9. The van der Waals surface area contributed by atoms with Crippen LogP contribution in [0.4, 0.5) is 5.69 Å². The lowest BCUT2D eigenvalue weighted by Crippen LogP contribution is -2.36. The summed E-state index contributed by atoms with van der Waals surface area (Å²) in [6.45, 7) is 0. The Morgan fingerprint density at radius 2 is 2.10 bits per heavy atom. The van der Waals surface area contributed by atoms with E-state index in [-0.39, 0.29) is 5.91 Å². The normalized spacial score (nSPS) is 16.1. The van der Waals surface area contributed by atoms with Crippen LogP contribution in [0.15, 0.2) is 23.1 Å². The second-order valence-corrected chi connectivity index (χ2v) is 6.76. The van der Waals surface area contributed by atoms with Crippen molar-refractivity contribution in [1.82, 2.24) is 5.32 Å². The van der Waals surface area contributed by atoms with E-state index in [0.717, 1.165) is 23.5 Å². The highest BCUT2D eigenvalue weighted by atomic mass is 35.5. The summed E-state index contributed by atoms with van der Waals surface area (Å²) >= 11 is 7.46. The Balaban J connectivity index is 1.70. The lowest BCUT2D eigenvalue weighted by molar-refractivity contribution is -0.121. The predicted octanol–water partition coefficient (Wildman–Crippen LogP) is 3.85. The van der Waals surface area contributed by atoms with Crippen molar-refractivity contribution in [1.29, 1.82) is 0 Å². The van der Waals surface area contributed by atoms with Crippen LogP contribution in [0.2, 0.25) is 5.02 Å². The van der Waals surface area contributed by atoms with E-state index < -0.39 is 0 Å². The minimum absolute atomic E-state index is 0.150. The first-order chi connectivity index (χ1) is 9.65. The molecule has 1 aromatic rings. The van der Waals surface area contributed by atoms with Gasteiger partial charge in [-0.2, -0.15) is 0 Å². The van der Waals surface area contributed by atoms with E-state index in [1.165, 1.54) is 19.3 Å². The molecular formula is C15H21ClN2OS. The van der Waals surface area contributed by atoms with Crippen LogP contribution in [0.3, 0.4) is 0 Å². The third-order valence-corrected chi connectivity index (χ3v) is 4.85. The molecule has 0 radical (unpaired) electrons. The SMILES string of the molecule is Nc1cc(Cl)ccc1SCCC(=O)NC1CCCCC1. The molecule has 20 heavy (non-hydrogen) atoms. The van der Waals surface area contributed by atoms with Crippen LogP contribution in [-0.4, -0.2) is 17.7 Å². The Morgan fingerprint density at radius 1 is 1.35 bits per heavy atom. The number of nitrogen functional groups attached to an aromatic ring is 1. The van der Waals surface area contributed by atoms with Crippen molar-refractivity contribution in [2.24, 2.45) is 0 Å². The van der Waals surface area contributed by atoms with Gasteiger partial charge in [-0.15, -0.1) is 11.8 Å². The molecule has 1 fully saturated rings. The topological polar surface area (TPSA) is 55.1 Å². The van der Waals surface area contributed by atoms with Gasteiger partial charge in [-0.25, -0.2) is 0 Å². The number of amides is 1. The number of halogens is 1. The summed E-state index contributed by atoms with van der Waals surface area (Å²) in [6.07, 6.45) is 6.56. The zero-order valence-electron chi connectivity index (χ0n) is 11.5. The van der Waals surface area contributed by atoms with Gasteiger partial charge in [-0.05, 0) is 31.0 Å². The number of thioether (sulfide) groups is 1. The highest BCUT2D eigenvalue weighted by Crippen LogP contribution is 2.28. The Kier molecular flexibility index (Phi) is 6.05. The maximum absolute atomic E-state index is 11.9. The summed E-state index contributed by atoms with van der Waals surface area (Å²) < 4.78 is 0. The van der Waals surface area contributed by atoms with Crippen LogP contribution in [0.1, 0.15) is 38.5 Å². The quantitative estimate of drug-likeness (QED) is 0.641. The third-order valence-electron chi connectivity index (χ3n) is 3.53. The molecule has 1 aliphatic rings. The molecular weight excluding hydrogens is 292 g/mol. The van der Waals surface area contributed by atoms with Crippen molar-refractivity contribution in [3.8, 4) is 0 Å². The van der Waals surface area contributed by atoms with Crippen molar-refractivity contribution in [2.45, 2.75) is 49.5 Å². The number of anilines is 1. The van der Waals surface area contributed by atoms with E-state index in [2.05, 4.69) is 5.32 Å². The fourth-order valence-corrected chi connectivity index (χ4v) is 3.53. The summed E-state index contributed by atoms with van der Waals surface area (Å²) in [5.41, 5.74) is 6.56. The Labute approximate surface area is 129 Å². The number of hydrogen-bond donors (Lipinski definition) is 2. The molecule has 0 atom stereocenters. The number of nitrogens with two attached hydrogens (primary N) is 1. The van der Waals surface area contributed by atoms with E-state index in [9.17, 15) is 4.79 Å². The summed E-state index contributed by atoms with van der Waals surface area (Å²) in [5.74, 6) is 0.890. The van der Waals surface area contributed by atoms with Gasteiger partial charge in [0.2, 0.25) is 5.91 Å². The molecule has 0 saturated heterocycles. The van der Waals surface area contributed by atoms with E-state index in [1.54, 1.807) is 17.8 Å². The van der Waals surface area contributed by atoms with Crippen LogP contribution in [0, 0.1) is 0 Å². The van der Waals surface area contributed by atoms with Gasteiger partial charge >= 0.3 is 0 Å². The molecule has 0 heterocycles. The standard InChI is InChI=1S/C15H21ClN2OS/c16-11-6-7-14(13(17)10-11)20-9-8-15(19)18-12-4-2-1-3-5-12/h6-7,10,12H,1-5,8-9,17H2,(H,18,19). The van der Waals surface area contributed by atoms with Gasteiger partial charge in [0, 0.05) is 33.8 Å². The summed E-state index contributed by atoms with van der Waals surface area (Å²) in [6, 6.07) is 5.86. The second-order valence-electron chi connectivity index (χ2n) is 5.18. The lowest BCUT2D eigenvalue weighted by Gasteiger charge is -2.22. The van der Waals surface area contributed by atoms with Gasteiger partial charge in [0.1, 0.15) is 0 Å². The van der Waals surface area contributed by atoms with Crippen LogP contribution < -0.4 is 11.1 Å². The van der Waals surface area contributed by atoms with Crippen LogP contribution in [-0.2, 0) is 4.79 Å². The van der Waals surface area contributed by atoms with Gasteiger partial charge < -0.3 is 11.1 Å². The molecule has 0 spiro atoms. The molecule has 1 amide bonds. The fourth-order valence-electron chi connectivity index (χ4n) is 2.45. The Hall–Kier alpha value is -0.870. The van der Waals surface area contributed by atoms with Crippen molar-refractivity contribution < 1.29 is 4.79 Å². The molecule has 0 aliphatic heterocycles. The molecule has 1 aromatic carbocycles. The first-order valence-electron chi connectivity index (χ1n) is 7.12. The number of hydrogen-bond acceptors (Lipinski definition) is 3. The first-order valence-corrected chi connectivity index (χ1v) is 8.48. The Bertz CT molecular complexity index is 461. The molecule has 3 nitrogen and oxygen atoms in total. The molecule has 2 rings (SSSR count). The molecule has 0 bridgehead atoms. The summed E-state index contributed by atoms with van der Waals surface area (Å²) in [4.78, 5) is 12.8. The number of carbonyl (C=O) groups is 1. The maximum Gasteiger partial charge on any atom is 0.221 e. The smallest absolute Gasteiger partial charge is 0.221 e. The van der Waals surface area contributed by atoms with E-state index >= 15 is 0 Å². The van der Waals surface area contributed by atoms with Crippen LogP contribution in [0.25, 0.3) is 0 Å². The number of carbonyl (C=O) groups excluding carboxylic acids is 1. The lowest BCUT2D eigenvalue weighted by atomic mass is 9.95. The van der Waals surface area contributed by atoms with Gasteiger partial charge in [0.25, 0.3) is 0 Å². The number of rotatable bonds is 5. The van der Waals surface area contributed by atoms with Crippen LogP contribution >= 0.6 is 23.4 Å². The largest absolute Gasteiger partial charge is 0.398 e. The van der Waals surface area contributed by atoms with Gasteiger partial charge in [0.15, 0.2) is 0 Å². The minimum Gasteiger partial charge on any atom is -0.398 e. The average Bonchev–Trinajstić information content (AvgIpc) is 2.42. The molecule has 0 unspecified atom stereocenters. The zero-order chi connectivity index (χ0) is 14.4. The van der Waals surface area contributed by atoms with E-state index in [1.807, 2.05) is 12.1 Å². The Morgan fingerprint density at radius 3 is 2.80 bits per heavy atom. The fraction of sp³-hybridized carbons (Fsp3) is 0.533. The third kappa shape index (κ3) is 4.91. The van der Waals surface area contributed by atoms with Crippen LogP contribution in [0.5, 0.6) is 0 Å². The first kappa shape index (κ1) is 15.5. The monoisotopic (exact) mass is 312 g/mol. The van der Waals surface area contributed by atoms with Gasteiger partial charge in [-0.3, -0.25) is 4.79 Å². The number of benzene rings is 1. The van der Waals surface area contributed by atoms with Gasteiger partial charge in [0.05, 0.1) is 0 Å². The average molecular weight is 313 g/mol. The molecule has 1 saturated carbocycles. The summed E-state index contributed by atoms with van der Waals surface area (Å²) in [5, 5.41) is 3.76. The second kappa shape index (κ2) is 7.79. The van der Waals surface area contributed by atoms with E-state index in [0.29, 0.717) is 23.2 Å².